The monoisotopic (exact) mass is 311 g/mol. The molecule has 2 atom stereocenters. The predicted octanol–water partition coefficient (Wildman–Crippen LogP) is 2.09. The Kier molecular flexibility index (Phi) is 4.56. The molecule has 21 heavy (non-hydrogen) atoms. The summed E-state index contributed by atoms with van der Waals surface area (Å²) in [6.45, 7) is 1.87. The van der Waals surface area contributed by atoms with Crippen molar-refractivity contribution in [1.29, 1.82) is 0 Å². The molecule has 1 aromatic rings. The summed E-state index contributed by atoms with van der Waals surface area (Å²) in [6.07, 6.45) is 3.34. The SMILES string of the molecule is Cc1ccc(N)c(C(=O)OC2CCCC(S(C)(=O)=O)C2)c1. The highest BCUT2D eigenvalue weighted by Crippen LogP contribution is 2.27. The highest BCUT2D eigenvalue weighted by atomic mass is 32.2. The maximum absolute atomic E-state index is 12.2. The van der Waals surface area contributed by atoms with E-state index in [-0.39, 0.29) is 6.10 Å². The van der Waals surface area contributed by atoms with Crippen LogP contribution in [0.25, 0.3) is 0 Å². The van der Waals surface area contributed by atoms with Gasteiger partial charge in [0, 0.05) is 18.4 Å². The van der Waals surface area contributed by atoms with Gasteiger partial charge in [0.25, 0.3) is 0 Å². The minimum absolute atomic E-state index is 0.344. The molecule has 1 aliphatic carbocycles. The van der Waals surface area contributed by atoms with Crippen LogP contribution in [-0.2, 0) is 14.6 Å². The van der Waals surface area contributed by atoms with Crippen molar-refractivity contribution < 1.29 is 17.9 Å². The lowest BCUT2D eigenvalue weighted by Crippen LogP contribution is -2.33. The molecule has 2 N–H and O–H groups in total. The van der Waals surface area contributed by atoms with Crippen LogP contribution in [0.2, 0.25) is 0 Å². The first-order chi connectivity index (χ1) is 9.77. The van der Waals surface area contributed by atoms with E-state index in [0.29, 0.717) is 30.5 Å². The largest absolute Gasteiger partial charge is 0.459 e. The Bertz CT molecular complexity index is 639. The first kappa shape index (κ1) is 15.8. The van der Waals surface area contributed by atoms with Gasteiger partial charge in [0.1, 0.15) is 15.9 Å². The van der Waals surface area contributed by atoms with Crippen molar-refractivity contribution in [3.05, 3.63) is 29.3 Å². The third-order valence-electron chi connectivity index (χ3n) is 3.89. The summed E-state index contributed by atoms with van der Waals surface area (Å²) >= 11 is 0. The van der Waals surface area contributed by atoms with Gasteiger partial charge >= 0.3 is 5.97 Å². The molecule has 0 spiro atoms. The molecular weight excluding hydrogens is 290 g/mol. The molecule has 1 saturated carbocycles. The van der Waals surface area contributed by atoms with Gasteiger partial charge in [0.05, 0.1) is 10.8 Å². The molecule has 0 aromatic heterocycles. The van der Waals surface area contributed by atoms with Crippen LogP contribution in [0.4, 0.5) is 5.69 Å². The number of esters is 1. The van der Waals surface area contributed by atoms with Crippen molar-refractivity contribution in [2.45, 2.75) is 44.0 Å². The van der Waals surface area contributed by atoms with E-state index in [2.05, 4.69) is 0 Å². The van der Waals surface area contributed by atoms with Crippen molar-refractivity contribution in [1.82, 2.24) is 0 Å². The Morgan fingerprint density at radius 2 is 2.05 bits per heavy atom. The Morgan fingerprint density at radius 3 is 2.71 bits per heavy atom. The predicted molar refractivity (Wildman–Crippen MR) is 81.9 cm³/mol. The summed E-state index contributed by atoms with van der Waals surface area (Å²) in [5.41, 5.74) is 7.44. The summed E-state index contributed by atoms with van der Waals surface area (Å²) in [7, 11) is -3.09. The number of ether oxygens (including phenoxy) is 1. The summed E-state index contributed by atoms with van der Waals surface area (Å²) in [5, 5.41) is -0.418. The second-order valence-electron chi connectivity index (χ2n) is 5.74. The molecule has 0 amide bonds. The van der Waals surface area contributed by atoms with Crippen LogP contribution >= 0.6 is 0 Å². The van der Waals surface area contributed by atoms with E-state index in [4.69, 9.17) is 10.5 Å². The fourth-order valence-corrected chi connectivity index (χ4v) is 3.82. The van der Waals surface area contributed by atoms with Crippen LogP contribution in [0, 0.1) is 6.92 Å². The lowest BCUT2D eigenvalue weighted by atomic mass is 9.97. The molecule has 6 heteroatoms. The zero-order valence-electron chi connectivity index (χ0n) is 12.3. The molecule has 0 heterocycles. The van der Waals surface area contributed by atoms with Gasteiger partial charge < -0.3 is 10.5 Å². The molecule has 0 bridgehead atoms. The van der Waals surface area contributed by atoms with E-state index >= 15 is 0 Å². The Hall–Kier alpha value is -1.56. The number of nitrogens with two attached hydrogens (primary N) is 1. The molecule has 5 nitrogen and oxygen atoms in total. The lowest BCUT2D eigenvalue weighted by Gasteiger charge is -2.27. The van der Waals surface area contributed by atoms with E-state index in [1.807, 2.05) is 13.0 Å². The van der Waals surface area contributed by atoms with E-state index in [1.54, 1.807) is 12.1 Å². The number of carbonyl (C=O) groups is 1. The smallest absolute Gasteiger partial charge is 0.340 e. The van der Waals surface area contributed by atoms with E-state index < -0.39 is 21.1 Å². The van der Waals surface area contributed by atoms with Crippen molar-refractivity contribution >= 4 is 21.5 Å². The van der Waals surface area contributed by atoms with E-state index in [0.717, 1.165) is 12.0 Å². The number of rotatable bonds is 3. The molecule has 0 radical (unpaired) electrons. The van der Waals surface area contributed by atoms with Crippen LogP contribution < -0.4 is 5.73 Å². The number of sulfone groups is 1. The second kappa shape index (κ2) is 6.05. The van der Waals surface area contributed by atoms with Crippen LogP contribution in [0.1, 0.15) is 41.6 Å². The molecule has 0 saturated heterocycles. The maximum atomic E-state index is 12.2. The van der Waals surface area contributed by atoms with Crippen LogP contribution in [-0.4, -0.2) is 32.0 Å². The number of anilines is 1. The van der Waals surface area contributed by atoms with Gasteiger partial charge in [-0.2, -0.15) is 0 Å². The fourth-order valence-electron chi connectivity index (χ4n) is 2.66. The summed E-state index contributed by atoms with van der Waals surface area (Å²) < 4.78 is 28.7. The molecule has 1 aromatic carbocycles. The van der Waals surface area contributed by atoms with Gasteiger partial charge in [0.15, 0.2) is 0 Å². The molecule has 2 unspecified atom stereocenters. The lowest BCUT2D eigenvalue weighted by molar-refractivity contribution is 0.0216. The zero-order chi connectivity index (χ0) is 15.6. The first-order valence-electron chi connectivity index (χ1n) is 7.03. The number of hydrogen-bond acceptors (Lipinski definition) is 5. The minimum Gasteiger partial charge on any atom is -0.459 e. The molecule has 1 aliphatic rings. The number of nitrogen functional groups attached to an aromatic ring is 1. The minimum atomic E-state index is -3.09. The Balaban J connectivity index is 2.07. The summed E-state index contributed by atoms with van der Waals surface area (Å²) in [6, 6.07) is 5.19. The molecule has 116 valence electrons. The Labute approximate surface area is 125 Å². The van der Waals surface area contributed by atoms with Crippen molar-refractivity contribution in [3.8, 4) is 0 Å². The second-order valence-corrected chi connectivity index (χ2v) is 8.06. The van der Waals surface area contributed by atoms with Gasteiger partial charge in [-0.3, -0.25) is 0 Å². The average Bonchev–Trinajstić information content (AvgIpc) is 2.41. The maximum Gasteiger partial charge on any atom is 0.340 e. The number of benzene rings is 1. The van der Waals surface area contributed by atoms with Gasteiger partial charge in [-0.05, 0) is 38.3 Å². The first-order valence-corrected chi connectivity index (χ1v) is 8.99. The highest BCUT2D eigenvalue weighted by Gasteiger charge is 2.31. The summed E-state index contributed by atoms with van der Waals surface area (Å²) in [5.74, 6) is -0.477. The van der Waals surface area contributed by atoms with Gasteiger partial charge in [-0.25, -0.2) is 13.2 Å². The molecule has 0 aliphatic heterocycles. The normalized spacial score (nSPS) is 22.8. The van der Waals surface area contributed by atoms with Crippen molar-refractivity contribution in [2.24, 2.45) is 0 Å². The van der Waals surface area contributed by atoms with Crippen molar-refractivity contribution in [2.75, 3.05) is 12.0 Å². The van der Waals surface area contributed by atoms with Crippen molar-refractivity contribution in [3.63, 3.8) is 0 Å². The third-order valence-corrected chi connectivity index (χ3v) is 5.53. The molecular formula is C15H21NO4S. The standard InChI is InChI=1S/C15H21NO4S/c1-10-6-7-14(16)13(8-10)15(17)20-11-4-3-5-12(9-11)21(2,18)19/h6-8,11-12H,3-5,9,16H2,1-2H3. The quantitative estimate of drug-likeness (QED) is 0.682. The van der Waals surface area contributed by atoms with E-state index in [1.165, 1.54) is 6.26 Å². The van der Waals surface area contributed by atoms with Gasteiger partial charge in [0.2, 0.25) is 0 Å². The molecule has 1 fully saturated rings. The van der Waals surface area contributed by atoms with Crippen LogP contribution in [0.5, 0.6) is 0 Å². The topological polar surface area (TPSA) is 86.5 Å². The summed E-state index contributed by atoms with van der Waals surface area (Å²) in [4.78, 5) is 12.2. The van der Waals surface area contributed by atoms with Gasteiger partial charge in [-0.15, -0.1) is 0 Å². The molecule has 2 rings (SSSR count). The van der Waals surface area contributed by atoms with E-state index in [9.17, 15) is 13.2 Å². The highest BCUT2D eigenvalue weighted by molar-refractivity contribution is 7.91. The van der Waals surface area contributed by atoms with Crippen LogP contribution in [0.15, 0.2) is 18.2 Å². The third kappa shape index (κ3) is 3.97. The average molecular weight is 311 g/mol. The van der Waals surface area contributed by atoms with Gasteiger partial charge in [-0.1, -0.05) is 11.6 Å². The number of carbonyl (C=O) groups excluding carboxylic acids is 1. The number of aryl methyl sites for hydroxylation is 1. The zero-order valence-corrected chi connectivity index (χ0v) is 13.2. The fraction of sp³-hybridized carbons (Fsp3) is 0.533. The number of hydrogen-bond donors (Lipinski definition) is 1. The van der Waals surface area contributed by atoms with Crippen LogP contribution in [0.3, 0.4) is 0 Å². The Morgan fingerprint density at radius 1 is 1.33 bits per heavy atom.